The summed E-state index contributed by atoms with van der Waals surface area (Å²) in [5.41, 5.74) is 10.7. The van der Waals surface area contributed by atoms with Crippen LogP contribution in [0.3, 0.4) is 0 Å². The number of fused-ring (bicyclic) bond motifs is 1. The minimum Gasteiger partial charge on any atom is -0.395 e. The van der Waals surface area contributed by atoms with E-state index in [1.54, 1.807) is 11.3 Å². The average molecular weight is 279 g/mol. The third kappa shape index (κ3) is 2.67. The number of nitrogens with two attached hydrogens (primary N) is 1. The van der Waals surface area contributed by atoms with Crippen molar-refractivity contribution < 1.29 is 5.11 Å². The molecule has 0 aliphatic rings. The Kier molecular flexibility index (Phi) is 4.61. The molecule has 0 spiro atoms. The third-order valence-corrected chi connectivity index (χ3v) is 4.35. The van der Waals surface area contributed by atoms with E-state index in [1.807, 2.05) is 11.6 Å². The minimum atomic E-state index is 0.130. The lowest BCUT2D eigenvalue weighted by Crippen LogP contribution is -2.37. The van der Waals surface area contributed by atoms with Crippen molar-refractivity contribution in [3.63, 3.8) is 0 Å². The number of anilines is 2. The van der Waals surface area contributed by atoms with Gasteiger partial charge in [0.05, 0.1) is 28.2 Å². The molecule has 1 aromatic carbocycles. The number of thiazole rings is 1. The van der Waals surface area contributed by atoms with E-state index in [4.69, 9.17) is 5.73 Å². The summed E-state index contributed by atoms with van der Waals surface area (Å²) in [6.45, 7) is 5.06. The maximum absolute atomic E-state index is 9.31. The second kappa shape index (κ2) is 6.21. The van der Waals surface area contributed by atoms with Gasteiger partial charge in [-0.1, -0.05) is 13.8 Å². The fourth-order valence-electron chi connectivity index (χ4n) is 2.53. The number of nitrogen functional groups attached to an aromatic ring is 1. The van der Waals surface area contributed by atoms with Crippen LogP contribution in [0.25, 0.3) is 10.2 Å². The fourth-order valence-corrected chi connectivity index (χ4v) is 3.22. The Morgan fingerprint density at radius 2 is 2.11 bits per heavy atom. The molecule has 0 amide bonds. The van der Waals surface area contributed by atoms with Gasteiger partial charge in [-0.2, -0.15) is 0 Å². The molecule has 104 valence electrons. The van der Waals surface area contributed by atoms with Gasteiger partial charge < -0.3 is 15.7 Å². The van der Waals surface area contributed by atoms with Gasteiger partial charge in [0.15, 0.2) is 0 Å². The van der Waals surface area contributed by atoms with Crippen LogP contribution in [0.4, 0.5) is 11.4 Å². The largest absolute Gasteiger partial charge is 0.395 e. The van der Waals surface area contributed by atoms with Crippen LogP contribution in [0, 0.1) is 0 Å². The highest BCUT2D eigenvalue weighted by Crippen LogP contribution is 2.34. The van der Waals surface area contributed by atoms with Gasteiger partial charge in [-0.3, -0.25) is 0 Å². The SMILES string of the molecule is CCC(CC)N(CCO)c1ccc2scnc2c1N. The Hall–Kier alpha value is -1.33. The number of nitrogens with zero attached hydrogens (tertiary/aromatic N) is 2. The van der Waals surface area contributed by atoms with E-state index in [9.17, 15) is 5.11 Å². The topological polar surface area (TPSA) is 62.4 Å². The molecule has 0 bridgehead atoms. The zero-order valence-corrected chi connectivity index (χ0v) is 12.3. The van der Waals surface area contributed by atoms with Crippen LogP contribution in [-0.4, -0.2) is 29.3 Å². The van der Waals surface area contributed by atoms with Crippen LogP contribution in [-0.2, 0) is 0 Å². The van der Waals surface area contributed by atoms with Crippen molar-refractivity contribution in [2.24, 2.45) is 0 Å². The summed E-state index contributed by atoms with van der Waals surface area (Å²) in [5, 5.41) is 9.31. The van der Waals surface area contributed by atoms with E-state index < -0.39 is 0 Å². The lowest BCUT2D eigenvalue weighted by Gasteiger charge is -2.33. The van der Waals surface area contributed by atoms with Crippen LogP contribution in [0.1, 0.15) is 26.7 Å². The van der Waals surface area contributed by atoms with Crippen molar-refractivity contribution in [3.05, 3.63) is 17.6 Å². The lowest BCUT2D eigenvalue weighted by molar-refractivity contribution is 0.296. The fraction of sp³-hybridized carbons (Fsp3) is 0.500. The zero-order chi connectivity index (χ0) is 13.8. The van der Waals surface area contributed by atoms with Crippen molar-refractivity contribution in [3.8, 4) is 0 Å². The summed E-state index contributed by atoms with van der Waals surface area (Å²) in [6.07, 6.45) is 2.07. The molecule has 0 atom stereocenters. The zero-order valence-electron chi connectivity index (χ0n) is 11.5. The van der Waals surface area contributed by atoms with Gasteiger partial charge in [-0.25, -0.2) is 4.98 Å². The van der Waals surface area contributed by atoms with Gasteiger partial charge in [-0.05, 0) is 25.0 Å². The number of aromatic nitrogens is 1. The maximum atomic E-state index is 9.31. The van der Waals surface area contributed by atoms with E-state index in [0.29, 0.717) is 12.6 Å². The number of hydrogen-bond acceptors (Lipinski definition) is 5. The molecular weight excluding hydrogens is 258 g/mol. The predicted molar refractivity (Wildman–Crippen MR) is 82.8 cm³/mol. The smallest absolute Gasteiger partial charge is 0.106 e. The summed E-state index contributed by atoms with van der Waals surface area (Å²) >= 11 is 1.60. The summed E-state index contributed by atoms with van der Waals surface area (Å²) in [4.78, 5) is 6.54. The van der Waals surface area contributed by atoms with Gasteiger partial charge >= 0.3 is 0 Å². The van der Waals surface area contributed by atoms with E-state index in [1.165, 1.54) is 0 Å². The molecule has 0 saturated heterocycles. The highest BCUT2D eigenvalue weighted by atomic mass is 32.1. The van der Waals surface area contributed by atoms with E-state index >= 15 is 0 Å². The van der Waals surface area contributed by atoms with E-state index in [-0.39, 0.29) is 6.61 Å². The molecule has 2 aromatic rings. The molecule has 2 rings (SSSR count). The lowest BCUT2D eigenvalue weighted by atomic mass is 10.1. The Labute approximate surface area is 117 Å². The van der Waals surface area contributed by atoms with Gasteiger partial charge in [0.25, 0.3) is 0 Å². The van der Waals surface area contributed by atoms with Crippen LogP contribution >= 0.6 is 11.3 Å². The van der Waals surface area contributed by atoms with Gasteiger partial charge in [0.2, 0.25) is 0 Å². The number of benzene rings is 1. The highest BCUT2D eigenvalue weighted by molar-refractivity contribution is 7.16. The Morgan fingerprint density at radius 1 is 1.37 bits per heavy atom. The quantitative estimate of drug-likeness (QED) is 0.798. The van der Waals surface area contributed by atoms with Gasteiger partial charge in [-0.15, -0.1) is 11.3 Å². The number of rotatable bonds is 6. The Morgan fingerprint density at radius 3 is 2.74 bits per heavy atom. The molecule has 1 aromatic heterocycles. The second-order valence-electron chi connectivity index (χ2n) is 4.58. The Balaban J connectivity index is 2.45. The second-order valence-corrected chi connectivity index (χ2v) is 5.47. The van der Waals surface area contributed by atoms with Crippen molar-refractivity contribution in [1.82, 2.24) is 4.98 Å². The van der Waals surface area contributed by atoms with E-state index in [0.717, 1.165) is 34.4 Å². The first kappa shape index (κ1) is 14.1. The normalized spacial score (nSPS) is 11.4. The average Bonchev–Trinajstić information content (AvgIpc) is 2.89. The first-order valence-electron chi connectivity index (χ1n) is 6.72. The van der Waals surface area contributed by atoms with Crippen LogP contribution < -0.4 is 10.6 Å². The van der Waals surface area contributed by atoms with Crippen LogP contribution in [0.15, 0.2) is 17.6 Å². The first-order valence-corrected chi connectivity index (χ1v) is 7.60. The molecule has 3 N–H and O–H groups in total. The molecule has 0 unspecified atom stereocenters. The van der Waals surface area contributed by atoms with Crippen molar-refractivity contribution in [2.45, 2.75) is 32.7 Å². The van der Waals surface area contributed by atoms with Gasteiger partial charge in [0.1, 0.15) is 5.52 Å². The summed E-state index contributed by atoms with van der Waals surface area (Å²) in [5.74, 6) is 0. The van der Waals surface area contributed by atoms with Crippen molar-refractivity contribution >= 4 is 32.9 Å². The number of hydrogen-bond donors (Lipinski definition) is 2. The molecule has 0 aliphatic heterocycles. The highest BCUT2D eigenvalue weighted by Gasteiger charge is 2.19. The molecule has 0 saturated carbocycles. The van der Waals surface area contributed by atoms with Crippen LogP contribution in [0.2, 0.25) is 0 Å². The molecular formula is C14H21N3OS. The maximum Gasteiger partial charge on any atom is 0.106 e. The van der Waals surface area contributed by atoms with Gasteiger partial charge in [0, 0.05) is 12.6 Å². The van der Waals surface area contributed by atoms with Crippen molar-refractivity contribution in [2.75, 3.05) is 23.8 Å². The first-order chi connectivity index (χ1) is 9.22. The standard InChI is InChI=1S/C14H21N3OS/c1-3-10(4-2)17(7-8-18)11-5-6-12-14(13(11)15)16-9-19-12/h5-6,9-10,18H,3-4,7-8,15H2,1-2H3. The molecule has 4 nitrogen and oxygen atoms in total. The molecule has 0 aliphatic carbocycles. The molecule has 0 fully saturated rings. The summed E-state index contributed by atoms with van der Waals surface area (Å²) < 4.78 is 1.11. The van der Waals surface area contributed by atoms with Crippen LogP contribution in [0.5, 0.6) is 0 Å². The van der Waals surface area contributed by atoms with Crippen molar-refractivity contribution in [1.29, 1.82) is 0 Å². The predicted octanol–water partition coefficient (Wildman–Crippen LogP) is 2.87. The molecule has 5 heteroatoms. The molecule has 19 heavy (non-hydrogen) atoms. The Bertz CT molecular complexity index is 536. The summed E-state index contributed by atoms with van der Waals surface area (Å²) in [6, 6.07) is 4.50. The summed E-state index contributed by atoms with van der Waals surface area (Å²) in [7, 11) is 0. The third-order valence-electron chi connectivity index (χ3n) is 3.55. The molecule has 0 radical (unpaired) electrons. The molecule has 1 heterocycles. The monoisotopic (exact) mass is 279 g/mol. The number of aliphatic hydroxyl groups excluding tert-OH is 1. The minimum absolute atomic E-state index is 0.130. The van der Waals surface area contributed by atoms with E-state index in [2.05, 4.69) is 29.8 Å². The number of aliphatic hydroxyl groups is 1.